The zero-order valence-corrected chi connectivity index (χ0v) is 9.08. The van der Waals surface area contributed by atoms with Crippen LogP contribution in [-0.4, -0.2) is 17.0 Å². The molecule has 1 aromatic rings. The van der Waals surface area contributed by atoms with Gasteiger partial charge in [-0.1, -0.05) is 11.6 Å². The van der Waals surface area contributed by atoms with Gasteiger partial charge in [-0.05, 0) is 24.6 Å². The molecule has 1 aromatic carbocycles. The summed E-state index contributed by atoms with van der Waals surface area (Å²) >= 11 is 5.52. The highest BCUT2D eigenvalue weighted by Crippen LogP contribution is 2.26. The van der Waals surface area contributed by atoms with Gasteiger partial charge in [0.1, 0.15) is 5.82 Å². The van der Waals surface area contributed by atoms with Crippen LogP contribution in [0.2, 0.25) is 5.02 Å². The third kappa shape index (κ3) is 2.30. The largest absolute Gasteiger partial charge is 0.478 e. The Morgan fingerprint density at radius 1 is 1.50 bits per heavy atom. The third-order valence-corrected chi connectivity index (χ3v) is 2.51. The molecule has 86 valence electrons. The molecule has 0 aliphatic rings. The Bertz CT molecular complexity index is 462. The maximum absolute atomic E-state index is 13.1. The molecule has 0 fully saturated rings. The summed E-state index contributed by atoms with van der Waals surface area (Å²) in [5, 5.41) is 8.61. The maximum Gasteiger partial charge on any atom is 0.336 e. The van der Waals surface area contributed by atoms with Crippen molar-refractivity contribution in [2.45, 2.75) is 12.8 Å². The van der Waals surface area contributed by atoms with Crippen molar-refractivity contribution in [2.24, 2.45) is 5.73 Å². The number of carbonyl (C=O) groups excluding carboxylic acids is 1. The Balaban J connectivity index is 3.41. The Morgan fingerprint density at radius 3 is 2.50 bits per heavy atom. The van der Waals surface area contributed by atoms with E-state index in [0.29, 0.717) is 0 Å². The van der Waals surface area contributed by atoms with Gasteiger partial charge < -0.3 is 10.8 Å². The molecular formula is C10H9ClFNO3. The van der Waals surface area contributed by atoms with Crippen molar-refractivity contribution in [3.05, 3.63) is 34.1 Å². The summed E-state index contributed by atoms with van der Waals surface area (Å²) in [6.45, 7) is 1.43. The second kappa shape index (κ2) is 4.49. The summed E-state index contributed by atoms with van der Waals surface area (Å²) in [5.74, 6) is -3.73. The minimum atomic E-state index is -1.33. The average Bonchev–Trinajstić information content (AvgIpc) is 2.19. The van der Waals surface area contributed by atoms with Gasteiger partial charge in [-0.15, -0.1) is 0 Å². The standard InChI is InChI=1S/C10H9ClFNO3/c1-4(9(13)14)5-2-7(11)8(12)3-6(5)10(15)16/h2-4H,1H3,(H2,13,14)(H,15,16)/t4-/m1/s1. The lowest BCUT2D eigenvalue weighted by molar-refractivity contribution is -0.119. The predicted octanol–water partition coefficient (Wildman–Crippen LogP) is 1.77. The molecule has 4 nitrogen and oxygen atoms in total. The minimum absolute atomic E-state index is 0.103. The third-order valence-electron chi connectivity index (χ3n) is 2.22. The number of hydrogen-bond acceptors (Lipinski definition) is 2. The van der Waals surface area contributed by atoms with Crippen LogP contribution in [0.5, 0.6) is 0 Å². The molecule has 0 aliphatic carbocycles. The van der Waals surface area contributed by atoms with E-state index in [1.165, 1.54) is 6.92 Å². The van der Waals surface area contributed by atoms with Crippen LogP contribution in [0.3, 0.4) is 0 Å². The van der Waals surface area contributed by atoms with Gasteiger partial charge in [0.15, 0.2) is 0 Å². The average molecular weight is 246 g/mol. The van der Waals surface area contributed by atoms with E-state index in [9.17, 15) is 14.0 Å². The SMILES string of the molecule is C[C@@H](C(N)=O)c1cc(Cl)c(F)cc1C(=O)O. The Labute approximate surface area is 95.8 Å². The van der Waals surface area contributed by atoms with Crippen molar-refractivity contribution in [1.82, 2.24) is 0 Å². The van der Waals surface area contributed by atoms with E-state index in [1.807, 2.05) is 0 Å². The van der Waals surface area contributed by atoms with Crippen LogP contribution in [-0.2, 0) is 4.79 Å². The molecule has 0 bridgehead atoms. The highest BCUT2D eigenvalue weighted by atomic mass is 35.5. The van der Waals surface area contributed by atoms with Crippen molar-refractivity contribution in [3.63, 3.8) is 0 Å². The molecule has 3 N–H and O–H groups in total. The van der Waals surface area contributed by atoms with Gasteiger partial charge in [-0.2, -0.15) is 0 Å². The number of rotatable bonds is 3. The Kier molecular flexibility index (Phi) is 3.49. The molecule has 0 aromatic heterocycles. The number of carboxylic acids is 1. The van der Waals surface area contributed by atoms with Gasteiger partial charge in [-0.3, -0.25) is 4.79 Å². The van der Waals surface area contributed by atoms with Crippen molar-refractivity contribution >= 4 is 23.5 Å². The number of carbonyl (C=O) groups is 2. The summed E-state index contributed by atoms with van der Waals surface area (Å²) in [7, 11) is 0. The van der Waals surface area contributed by atoms with E-state index in [4.69, 9.17) is 22.4 Å². The molecule has 1 amide bonds. The molecule has 0 aliphatic heterocycles. The van der Waals surface area contributed by atoms with Gasteiger partial charge >= 0.3 is 5.97 Å². The van der Waals surface area contributed by atoms with E-state index >= 15 is 0 Å². The maximum atomic E-state index is 13.1. The fourth-order valence-corrected chi connectivity index (χ4v) is 1.43. The topological polar surface area (TPSA) is 80.4 Å². The van der Waals surface area contributed by atoms with Gasteiger partial charge in [0.05, 0.1) is 16.5 Å². The van der Waals surface area contributed by atoms with Crippen LogP contribution >= 0.6 is 11.6 Å². The molecule has 16 heavy (non-hydrogen) atoms. The van der Waals surface area contributed by atoms with E-state index in [0.717, 1.165) is 12.1 Å². The van der Waals surface area contributed by atoms with E-state index in [2.05, 4.69) is 0 Å². The molecule has 6 heteroatoms. The number of amides is 1. The second-order valence-electron chi connectivity index (χ2n) is 3.28. The number of hydrogen-bond donors (Lipinski definition) is 2. The molecule has 0 radical (unpaired) electrons. The number of halogens is 2. The number of primary amides is 1. The minimum Gasteiger partial charge on any atom is -0.478 e. The molecule has 1 atom stereocenters. The van der Waals surface area contributed by atoms with Gasteiger partial charge in [0.25, 0.3) is 0 Å². The summed E-state index contributed by atoms with van der Waals surface area (Å²) in [6.07, 6.45) is 0. The van der Waals surface area contributed by atoms with Crippen molar-refractivity contribution in [3.8, 4) is 0 Å². The summed E-state index contributed by atoms with van der Waals surface area (Å²) < 4.78 is 13.1. The molecule has 0 saturated carbocycles. The molecule has 0 unspecified atom stereocenters. The van der Waals surface area contributed by atoms with Crippen LogP contribution in [0.1, 0.15) is 28.8 Å². The number of carboxylic acid groups (broad SMARTS) is 1. The molecule has 0 heterocycles. The first-order valence-electron chi connectivity index (χ1n) is 4.36. The lowest BCUT2D eigenvalue weighted by Crippen LogP contribution is -2.21. The lowest BCUT2D eigenvalue weighted by atomic mass is 9.95. The van der Waals surface area contributed by atoms with Crippen molar-refractivity contribution in [1.29, 1.82) is 0 Å². The van der Waals surface area contributed by atoms with Crippen LogP contribution < -0.4 is 5.73 Å². The van der Waals surface area contributed by atoms with Gasteiger partial charge in [0.2, 0.25) is 5.91 Å². The Hall–Kier alpha value is -1.62. The van der Waals surface area contributed by atoms with Crippen LogP contribution in [0.25, 0.3) is 0 Å². The monoisotopic (exact) mass is 245 g/mol. The summed E-state index contributed by atoms with van der Waals surface area (Å²) in [6, 6.07) is 1.88. The van der Waals surface area contributed by atoms with Gasteiger partial charge in [0, 0.05) is 0 Å². The van der Waals surface area contributed by atoms with E-state index < -0.39 is 23.6 Å². The zero-order chi connectivity index (χ0) is 12.5. The van der Waals surface area contributed by atoms with Crippen LogP contribution in [0.4, 0.5) is 4.39 Å². The zero-order valence-electron chi connectivity index (χ0n) is 8.33. The van der Waals surface area contributed by atoms with E-state index in [1.54, 1.807) is 0 Å². The first kappa shape index (κ1) is 12.4. The molecule has 0 spiro atoms. The smallest absolute Gasteiger partial charge is 0.336 e. The fraction of sp³-hybridized carbons (Fsp3) is 0.200. The van der Waals surface area contributed by atoms with Crippen LogP contribution in [0, 0.1) is 5.82 Å². The number of benzene rings is 1. The Morgan fingerprint density at radius 2 is 2.06 bits per heavy atom. The molecule has 1 rings (SSSR count). The second-order valence-corrected chi connectivity index (χ2v) is 3.69. The lowest BCUT2D eigenvalue weighted by Gasteiger charge is -2.12. The first-order chi connectivity index (χ1) is 7.34. The van der Waals surface area contributed by atoms with Crippen molar-refractivity contribution < 1.29 is 19.1 Å². The number of aromatic carboxylic acids is 1. The predicted molar refractivity (Wildman–Crippen MR) is 56.0 cm³/mol. The fourth-order valence-electron chi connectivity index (χ4n) is 1.26. The van der Waals surface area contributed by atoms with Gasteiger partial charge in [-0.25, -0.2) is 9.18 Å². The van der Waals surface area contributed by atoms with E-state index in [-0.39, 0.29) is 16.1 Å². The first-order valence-corrected chi connectivity index (χ1v) is 4.74. The quantitative estimate of drug-likeness (QED) is 0.852. The normalized spacial score (nSPS) is 12.2. The van der Waals surface area contributed by atoms with Crippen LogP contribution in [0.15, 0.2) is 12.1 Å². The summed E-state index contributed by atoms with van der Waals surface area (Å²) in [5.41, 5.74) is 4.85. The van der Waals surface area contributed by atoms with Crippen molar-refractivity contribution in [2.75, 3.05) is 0 Å². The number of nitrogens with two attached hydrogens (primary N) is 1. The highest BCUT2D eigenvalue weighted by Gasteiger charge is 2.21. The molecule has 0 saturated heterocycles. The summed E-state index contributed by atoms with van der Waals surface area (Å²) in [4.78, 5) is 21.8. The highest BCUT2D eigenvalue weighted by molar-refractivity contribution is 6.31. The molecular weight excluding hydrogens is 237 g/mol.